The number of ether oxygens (including phenoxy) is 2. The van der Waals surface area contributed by atoms with Crippen molar-refractivity contribution in [3.05, 3.63) is 53.0 Å². The Labute approximate surface area is 185 Å². The van der Waals surface area contributed by atoms with Crippen molar-refractivity contribution < 1.29 is 22.7 Å². The third kappa shape index (κ3) is 4.55. The molecule has 1 N–H and O–H groups in total. The van der Waals surface area contributed by atoms with Crippen LogP contribution in [0.2, 0.25) is 0 Å². The number of amides is 1. The molecule has 1 amide bonds. The fourth-order valence-corrected chi connectivity index (χ4v) is 4.60. The molecule has 0 saturated heterocycles. The van der Waals surface area contributed by atoms with E-state index in [9.17, 15) is 13.2 Å². The maximum absolute atomic E-state index is 12.8. The Bertz CT molecular complexity index is 1220. The summed E-state index contributed by atoms with van der Waals surface area (Å²) in [6, 6.07) is 10.0. The molecule has 10 heteroatoms. The average Bonchev–Trinajstić information content (AvgIpc) is 3.24. The second-order valence-corrected chi connectivity index (χ2v) is 9.81. The van der Waals surface area contributed by atoms with Crippen molar-refractivity contribution in [3.8, 4) is 22.1 Å². The molecule has 0 unspecified atom stereocenters. The number of carbonyl (C=O) groups is 1. The van der Waals surface area contributed by atoms with Gasteiger partial charge in [0.25, 0.3) is 5.91 Å². The van der Waals surface area contributed by atoms with Crippen LogP contribution in [0.15, 0.2) is 46.7 Å². The molecule has 1 aromatic heterocycles. The van der Waals surface area contributed by atoms with Crippen LogP contribution >= 0.6 is 11.3 Å². The number of para-hydroxylation sites is 1. The van der Waals surface area contributed by atoms with Gasteiger partial charge in [-0.25, -0.2) is 17.7 Å². The Kier molecular flexibility index (Phi) is 6.63. The lowest BCUT2D eigenvalue weighted by molar-refractivity contribution is 0.102. The number of aryl methyl sites for hydroxylation is 1. The number of nitrogens with one attached hydrogen (secondary N) is 1. The van der Waals surface area contributed by atoms with Gasteiger partial charge in [0.05, 0.1) is 24.7 Å². The molecular formula is C21H23N3O5S2. The summed E-state index contributed by atoms with van der Waals surface area (Å²) in [4.78, 5) is 17.3. The van der Waals surface area contributed by atoms with Crippen molar-refractivity contribution in [3.63, 3.8) is 0 Å². The highest BCUT2D eigenvalue weighted by Crippen LogP contribution is 2.39. The van der Waals surface area contributed by atoms with E-state index in [0.717, 1.165) is 9.87 Å². The second kappa shape index (κ2) is 9.04. The van der Waals surface area contributed by atoms with E-state index < -0.39 is 15.9 Å². The summed E-state index contributed by atoms with van der Waals surface area (Å²) >= 11 is 1.30. The summed E-state index contributed by atoms with van der Waals surface area (Å²) in [6.45, 7) is 1.79. The van der Waals surface area contributed by atoms with Gasteiger partial charge in [0.15, 0.2) is 11.5 Å². The molecule has 2 aromatic carbocycles. The molecule has 3 rings (SSSR count). The lowest BCUT2D eigenvalue weighted by Gasteiger charge is -2.14. The van der Waals surface area contributed by atoms with Crippen LogP contribution < -0.4 is 14.8 Å². The summed E-state index contributed by atoms with van der Waals surface area (Å²) in [7, 11) is 2.38. The molecule has 0 atom stereocenters. The Hall–Kier alpha value is -2.95. The standard InChI is InChI=1S/C21H23N3O5S2/c1-13-9-10-14(31(26,27)24(2)3)11-16(13)22-20(25)17-12-30-21(23-17)15-7-6-8-18(28-4)19(15)29-5/h6-12H,1-5H3,(H,22,25). The van der Waals surface area contributed by atoms with E-state index in [1.54, 1.807) is 38.7 Å². The number of anilines is 1. The van der Waals surface area contributed by atoms with Crippen LogP contribution in [-0.4, -0.2) is 51.9 Å². The van der Waals surface area contributed by atoms with Gasteiger partial charge in [-0.1, -0.05) is 12.1 Å². The SMILES string of the molecule is COc1cccc(-c2nc(C(=O)Nc3cc(S(=O)(=O)N(C)C)ccc3C)cs2)c1OC. The zero-order valence-corrected chi connectivity index (χ0v) is 19.4. The largest absolute Gasteiger partial charge is 0.493 e. The van der Waals surface area contributed by atoms with E-state index in [-0.39, 0.29) is 10.6 Å². The maximum Gasteiger partial charge on any atom is 0.275 e. The van der Waals surface area contributed by atoms with Crippen LogP contribution in [0.1, 0.15) is 16.1 Å². The normalized spacial score (nSPS) is 11.4. The number of methoxy groups -OCH3 is 2. The molecule has 3 aromatic rings. The second-order valence-electron chi connectivity index (χ2n) is 6.80. The van der Waals surface area contributed by atoms with E-state index in [1.165, 1.54) is 37.6 Å². The van der Waals surface area contributed by atoms with Gasteiger partial charge < -0.3 is 14.8 Å². The Morgan fingerprint density at radius 2 is 1.87 bits per heavy atom. The van der Waals surface area contributed by atoms with Crippen molar-refractivity contribution in [1.29, 1.82) is 0 Å². The molecule has 0 bridgehead atoms. The van der Waals surface area contributed by atoms with Crippen LogP contribution in [0.4, 0.5) is 5.69 Å². The zero-order valence-electron chi connectivity index (χ0n) is 17.8. The molecule has 8 nitrogen and oxygen atoms in total. The van der Waals surface area contributed by atoms with Crippen LogP contribution in [-0.2, 0) is 10.0 Å². The molecule has 1 heterocycles. The Morgan fingerprint density at radius 3 is 2.52 bits per heavy atom. The number of nitrogens with zero attached hydrogens (tertiary/aromatic N) is 2. The molecule has 0 aliphatic rings. The van der Waals surface area contributed by atoms with E-state index in [2.05, 4.69) is 10.3 Å². The molecule has 31 heavy (non-hydrogen) atoms. The van der Waals surface area contributed by atoms with E-state index >= 15 is 0 Å². The highest BCUT2D eigenvalue weighted by Gasteiger charge is 2.20. The first-order valence-electron chi connectivity index (χ1n) is 9.20. The minimum atomic E-state index is -3.62. The van der Waals surface area contributed by atoms with Gasteiger partial charge in [-0.2, -0.15) is 0 Å². The zero-order chi connectivity index (χ0) is 22.8. The predicted molar refractivity (Wildman–Crippen MR) is 121 cm³/mol. The topological polar surface area (TPSA) is 97.8 Å². The van der Waals surface area contributed by atoms with E-state index in [4.69, 9.17) is 9.47 Å². The number of thiazole rings is 1. The number of benzene rings is 2. The van der Waals surface area contributed by atoms with Gasteiger partial charge >= 0.3 is 0 Å². The molecule has 0 aliphatic carbocycles. The third-order valence-corrected chi connectivity index (χ3v) is 7.29. The highest BCUT2D eigenvalue weighted by molar-refractivity contribution is 7.89. The van der Waals surface area contributed by atoms with E-state index in [0.29, 0.717) is 27.8 Å². The summed E-state index contributed by atoms with van der Waals surface area (Å²) in [5.41, 5.74) is 2.06. The molecule has 0 aliphatic heterocycles. The summed E-state index contributed by atoms with van der Waals surface area (Å²) < 4.78 is 36.7. The Balaban J connectivity index is 1.90. The first kappa shape index (κ1) is 22.7. The lowest BCUT2D eigenvalue weighted by Crippen LogP contribution is -2.22. The fraction of sp³-hybridized carbons (Fsp3) is 0.238. The smallest absolute Gasteiger partial charge is 0.275 e. The summed E-state index contributed by atoms with van der Waals surface area (Å²) in [6.07, 6.45) is 0. The maximum atomic E-state index is 12.8. The quantitative estimate of drug-likeness (QED) is 0.577. The van der Waals surface area contributed by atoms with Crippen LogP contribution in [0, 0.1) is 6.92 Å². The molecule has 164 valence electrons. The number of hydrogen-bond donors (Lipinski definition) is 1. The van der Waals surface area contributed by atoms with Crippen molar-refractivity contribution in [2.24, 2.45) is 0 Å². The molecule has 0 fully saturated rings. The minimum absolute atomic E-state index is 0.0958. The minimum Gasteiger partial charge on any atom is -0.493 e. The fourth-order valence-electron chi connectivity index (χ4n) is 2.85. The number of rotatable bonds is 7. The number of aromatic nitrogens is 1. The first-order valence-corrected chi connectivity index (χ1v) is 11.5. The van der Waals surface area contributed by atoms with Crippen molar-refractivity contribution in [2.45, 2.75) is 11.8 Å². The molecule has 0 saturated carbocycles. The van der Waals surface area contributed by atoms with E-state index in [1.807, 2.05) is 12.1 Å². The Morgan fingerprint density at radius 1 is 1.13 bits per heavy atom. The van der Waals surface area contributed by atoms with Crippen LogP contribution in [0.5, 0.6) is 11.5 Å². The first-order chi connectivity index (χ1) is 14.7. The predicted octanol–water partition coefficient (Wildman–Crippen LogP) is 3.64. The van der Waals surface area contributed by atoms with Gasteiger partial charge in [-0.3, -0.25) is 4.79 Å². The number of hydrogen-bond acceptors (Lipinski definition) is 7. The van der Waals surface area contributed by atoms with Crippen molar-refractivity contribution in [1.82, 2.24) is 9.29 Å². The van der Waals surface area contributed by atoms with Gasteiger partial charge in [-0.15, -0.1) is 11.3 Å². The monoisotopic (exact) mass is 461 g/mol. The molecular weight excluding hydrogens is 438 g/mol. The van der Waals surface area contributed by atoms with Gasteiger partial charge in [-0.05, 0) is 36.8 Å². The number of carbonyl (C=O) groups excluding carboxylic acids is 1. The summed E-state index contributed by atoms with van der Waals surface area (Å²) in [5.74, 6) is 0.659. The average molecular weight is 462 g/mol. The summed E-state index contributed by atoms with van der Waals surface area (Å²) in [5, 5.41) is 5.00. The highest BCUT2D eigenvalue weighted by atomic mass is 32.2. The van der Waals surface area contributed by atoms with Crippen LogP contribution in [0.3, 0.4) is 0 Å². The van der Waals surface area contributed by atoms with Crippen molar-refractivity contribution in [2.75, 3.05) is 33.6 Å². The molecule has 0 spiro atoms. The third-order valence-electron chi connectivity index (χ3n) is 4.61. The van der Waals surface area contributed by atoms with Crippen LogP contribution in [0.25, 0.3) is 10.6 Å². The van der Waals surface area contributed by atoms with Gasteiger partial charge in [0.1, 0.15) is 10.7 Å². The van der Waals surface area contributed by atoms with Gasteiger partial charge in [0.2, 0.25) is 10.0 Å². The van der Waals surface area contributed by atoms with Crippen molar-refractivity contribution >= 4 is 33.0 Å². The number of sulfonamides is 1. The van der Waals surface area contributed by atoms with Gasteiger partial charge in [0, 0.05) is 25.2 Å². The molecule has 0 radical (unpaired) electrons. The lowest BCUT2D eigenvalue weighted by atomic mass is 10.2.